The van der Waals surface area contributed by atoms with Crippen molar-refractivity contribution in [3.8, 4) is 0 Å². The summed E-state index contributed by atoms with van der Waals surface area (Å²) < 4.78 is 0. The fraction of sp³-hybridized carbons (Fsp3) is 0.333. The van der Waals surface area contributed by atoms with Gasteiger partial charge in [-0.05, 0) is 35.6 Å². The SMILES string of the molecule is CCC(C)c1ccc(CN(C)c2ccc([N+](=O)[O-])cc2)cc1. The Hall–Kier alpha value is -2.36. The highest BCUT2D eigenvalue weighted by Gasteiger charge is 2.08. The van der Waals surface area contributed by atoms with Crippen molar-refractivity contribution in [1.29, 1.82) is 0 Å². The van der Waals surface area contributed by atoms with E-state index in [2.05, 4.69) is 43.0 Å². The minimum absolute atomic E-state index is 0.120. The zero-order chi connectivity index (χ0) is 16.1. The van der Waals surface area contributed by atoms with E-state index in [1.165, 1.54) is 23.3 Å². The van der Waals surface area contributed by atoms with E-state index in [-0.39, 0.29) is 10.6 Å². The minimum Gasteiger partial charge on any atom is -0.370 e. The summed E-state index contributed by atoms with van der Waals surface area (Å²) >= 11 is 0. The maximum Gasteiger partial charge on any atom is 0.269 e. The van der Waals surface area contributed by atoms with E-state index in [1.807, 2.05) is 7.05 Å². The molecule has 0 spiro atoms. The molecule has 2 aromatic rings. The zero-order valence-corrected chi connectivity index (χ0v) is 13.3. The molecule has 0 saturated carbocycles. The number of nitrogens with zero attached hydrogens (tertiary/aromatic N) is 2. The summed E-state index contributed by atoms with van der Waals surface area (Å²) in [4.78, 5) is 12.4. The Morgan fingerprint density at radius 1 is 1.09 bits per heavy atom. The molecule has 0 aliphatic carbocycles. The van der Waals surface area contributed by atoms with E-state index in [1.54, 1.807) is 12.1 Å². The minimum atomic E-state index is -0.378. The summed E-state index contributed by atoms with van der Waals surface area (Å²) in [5, 5.41) is 10.7. The summed E-state index contributed by atoms with van der Waals surface area (Å²) in [5.74, 6) is 0.585. The summed E-state index contributed by atoms with van der Waals surface area (Å²) in [5.41, 5.74) is 3.68. The Balaban J connectivity index is 2.04. The Morgan fingerprint density at radius 3 is 2.18 bits per heavy atom. The third kappa shape index (κ3) is 3.85. The second-order valence-electron chi connectivity index (χ2n) is 5.68. The number of nitro groups is 1. The van der Waals surface area contributed by atoms with E-state index in [0.717, 1.165) is 18.7 Å². The number of non-ortho nitro benzene ring substituents is 1. The molecular formula is C18H22N2O2. The molecule has 0 bridgehead atoms. The van der Waals surface area contributed by atoms with Crippen molar-refractivity contribution >= 4 is 11.4 Å². The summed E-state index contributed by atoms with van der Waals surface area (Å²) in [6, 6.07) is 15.3. The molecule has 0 fully saturated rings. The van der Waals surface area contributed by atoms with Gasteiger partial charge in [-0.25, -0.2) is 0 Å². The van der Waals surface area contributed by atoms with Crippen molar-refractivity contribution in [2.75, 3.05) is 11.9 Å². The van der Waals surface area contributed by atoms with Crippen LogP contribution in [0.25, 0.3) is 0 Å². The Labute approximate surface area is 131 Å². The summed E-state index contributed by atoms with van der Waals surface area (Å²) in [7, 11) is 1.99. The topological polar surface area (TPSA) is 46.4 Å². The quantitative estimate of drug-likeness (QED) is 0.571. The molecule has 4 heteroatoms. The molecule has 0 aromatic heterocycles. The molecule has 116 valence electrons. The van der Waals surface area contributed by atoms with Crippen LogP contribution in [0.2, 0.25) is 0 Å². The van der Waals surface area contributed by atoms with Gasteiger partial charge in [-0.3, -0.25) is 10.1 Å². The Bertz CT molecular complexity index is 621. The highest BCUT2D eigenvalue weighted by Crippen LogP contribution is 2.22. The largest absolute Gasteiger partial charge is 0.370 e. The summed E-state index contributed by atoms with van der Waals surface area (Å²) in [6.45, 7) is 5.21. The second kappa shape index (κ2) is 7.07. The van der Waals surface area contributed by atoms with Crippen molar-refractivity contribution in [2.24, 2.45) is 0 Å². The molecule has 0 aliphatic rings. The predicted octanol–water partition coefficient (Wildman–Crippen LogP) is 4.74. The van der Waals surface area contributed by atoms with Crippen LogP contribution < -0.4 is 4.90 Å². The number of hydrogen-bond donors (Lipinski definition) is 0. The first-order valence-electron chi connectivity index (χ1n) is 7.55. The standard InChI is InChI=1S/C18H22N2O2/c1-4-14(2)16-7-5-15(6-8-16)13-19(3)17-9-11-18(12-10-17)20(21)22/h5-12,14H,4,13H2,1-3H3. The van der Waals surface area contributed by atoms with Gasteiger partial charge in [-0.2, -0.15) is 0 Å². The average molecular weight is 298 g/mol. The maximum absolute atomic E-state index is 10.7. The molecule has 0 saturated heterocycles. The van der Waals surface area contributed by atoms with Crippen LogP contribution in [-0.4, -0.2) is 12.0 Å². The summed E-state index contributed by atoms with van der Waals surface area (Å²) in [6.07, 6.45) is 1.14. The van der Waals surface area contributed by atoms with Gasteiger partial charge < -0.3 is 4.90 Å². The van der Waals surface area contributed by atoms with Crippen molar-refractivity contribution < 1.29 is 4.92 Å². The third-order valence-electron chi connectivity index (χ3n) is 4.08. The van der Waals surface area contributed by atoms with Crippen LogP contribution in [0.5, 0.6) is 0 Å². The van der Waals surface area contributed by atoms with E-state index < -0.39 is 0 Å². The average Bonchev–Trinajstić information content (AvgIpc) is 2.54. The van der Waals surface area contributed by atoms with E-state index in [4.69, 9.17) is 0 Å². The van der Waals surface area contributed by atoms with Gasteiger partial charge in [0.25, 0.3) is 5.69 Å². The van der Waals surface area contributed by atoms with Crippen LogP contribution in [0.3, 0.4) is 0 Å². The smallest absolute Gasteiger partial charge is 0.269 e. The van der Waals surface area contributed by atoms with Gasteiger partial charge in [0.15, 0.2) is 0 Å². The first-order valence-corrected chi connectivity index (χ1v) is 7.55. The number of hydrogen-bond acceptors (Lipinski definition) is 3. The number of rotatable bonds is 6. The van der Waals surface area contributed by atoms with Crippen LogP contribution >= 0.6 is 0 Å². The molecule has 1 atom stereocenters. The molecule has 0 aliphatic heterocycles. The van der Waals surface area contributed by atoms with Gasteiger partial charge in [-0.1, -0.05) is 38.1 Å². The predicted molar refractivity (Wildman–Crippen MR) is 90.4 cm³/mol. The monoisotopic (exact) mass is 298 g/mol. The highest BCUT2D eigenvalue weighted by atomic mass is 16.6. The van der Waals surface area contributed by atoms with Gasteiger partial charge in [0.05, 0.1) is 4.92 Å². The van der Waals surface area contributed by atoms with Crippen LogP contribution in [0.1, 0.15) is 37.3 Å². The first kappa shape index (κ1) is 16.0. The number of anilines is 1. The fourth-order valence-corrected chi connectivity index (χ4v) is 2.38. The first-order chi connectivity index (χ1) is 10.5. The second-order valence-corrected chi connectivity index (χ2v) is 5.68. The maximum atomic E-state index is 10.7. The van der Waals surface area contributed by atoms with Gasteiger partial charge in [0.2, 0.25) is 0 Å². The normalized spacial score (nSPS) is 12.0. The molecule has 0 radical (unpaired) electrons. The van der Waals surface area contributed by atoms with E-state index in [0.29, 0.717) is 5.92 Å². The van der Waals surface area contributed by atoms with Gasteiger partial charge in [0, 0.05) is 31.4 Å². The fourth-order valence-electron chi connectivity index (χ4n) is 2.38. The zero-order valence-electron chi connectivity index (χ0n) is 13.3. The van der Waals surface area contributed by atoms with Gasteiger partial charge in [0.1, 0.15) is 0 Å². The molecule has 0 amide bonds. The van der Waals surface area contributed by atoms with Gasteiger partial charge >= 0.3 is 0 Å². The van der Waals surface area contributed by atoms with Crippen molar-refractivity contribution in [3.05, 3.63) is 69.8 Å². The molecule has 4 nitrogen and oxygen atoms in total. The molecule has 2 rings (SSSR count). The van der Waals surface area contributed by atoms with Crippen molar-refractivity contribution in [1.82, 2.24) is 0 Å². The molecule has 0 heterocycles. The van der Waals surface area contributed by atoms with Crippen molar-refractivity contribution in [3.63, 3.8) is 0 Å². The van der Waals surface area contributed by atoms with Crippen LogP contribution in [0, 0.1) is 10.1 Å². The van der Waals surface area contributed by atoms with Gasteiger partial charge in [-0.15, -0.1) is 0 Å². The Morgan fingerprint density at radius 2 is 1.68 bits per heavy atom. The molecule has 22 heavy (non-hydrogen) atoms. The van der Waals surface area contributed by atoms with Crippen molar-refractivity contribution in [2.45, 2.75) is 32.7 Å². The lowest BCUT2D eigenvalue weighted by Gasteiger charge is -2.19. The van der Waals surface area contributed by atoms with Crippen LogP contribution in [0.4, 0.5) is 11.4 Å². The van der Waals surface area contributed by atoms with E-state index >= 15 is 0 Å². The number of nitro benzene ring substituents is 1. The molecule has 0 N–H and O–H groups in total. The number of benzene rings is 2. The highest BCUT2D eigenvalue weighted by molar-refractivity contribution is 5.50. The lowest BCUT2D eigenvalue weighted by molar-refractivity contribution is -0.384. The van der Waals surface area contributed by atoms with E-state index in [9.17, 15) is 10.1 Å². The van der Waals surface area contributed by atoms with Crippen LogP contribution in [0.15, 0.2) is 48.5 Å². The lowest BCUT2D eigenvalue weighted by Crippen LogP contribution is -2.16. The van der Waals surface area contributed by atoms with Crippen LogP contribution in [-0.2, 0) is 6.54 Å². The Kier molecular flexibility index (Phi) is 5.15. The third-order valence-corrected chi connectivity index (χ3v) is 4.08. The lowest BCUT2D eigenvalue weighted by atomic mass is 9.97. The molecule has 2 aromatic carbocycles. The molecular weight excluding hydrogens is 276 g/mol. The molecule has 1 unspecified atom stereocenters.